The van der Waals surface area contributed by atoms with E-state index >= 15 is 0 Å². The van der Waals surface area contributed by atoms with Gasteiger partial charge in [-0.25, -0.2) is 13.1 Å². The first kappa shape index (κ1) is 15.7. The van der Waals surface area contributed by atoms with E-state index in [9.17, 15) is 13.2 Å². The average molecular weight is 303 g/mol. The average Bonchev–Trinajstić information content (AvgIpc) is 2.42. The van der Waals surface area contributed by atoms with Crippen LogP contribution in [0, 0.1) is 5.92 Å². The first-order chi connectivity index (χ1) is 9.46. The molecule has 1 amide bonds. The van der Waals surface area contributed by atoms with Crippen LogP contribution in [0.3, 0.4) is 0 Å². The van der Waals surface area contributed by atoms with Crippen LogP contribution in [-0.4, -0.2) is 45.8 Å². The van der Waals surface area contributed by atoms with E-state index < -0.39 is 10.0 Å². The van der Waals surface area contributed by atoms with Crippen molar-refractivity contribution in [2.45, 2.75) is 50.6 Å². The number of piperidine rings is 1. The van der Waals surface area contributed by atoms with Crippen LogP contribution in [0.2, 0.25) is 0 Å². The molecule has 1 saturated carbocycles. The highest BCUT2D eigenvalue weighted by Crippen LogP contribution is 2.32. The quantitative estimate of drug-likeness (QED) is 0.622. The maximum Gasteiger partial charge on any atom is 0.237 e. The van der Waals surface area contributed by atoms with Crippen molar-refractivity contribution in [2.24, 2.45) is 5.92 Å². The van der Waals surface area contributed by atoms with E-state index in [1.807, 2.05) is 0 Å². The summed E-state index contributed by atoms with van der Waals surface area (Å²) in [7, 11) is -3.18. The van der Waals surface area contributed by atoms with Crippen molar-refractivity contribution in [3.8, 4) is 0 Å². The Balaban J connectivity index is 1.70. The molecule has 116 valence electrons. The Bertz CT molecular complexity index is 438. The van der Waals surface area contributed by atoms with Crippen LogP contribution in [0.5, 0.6) is 0 Å². The Labute approximate surface area is 121 Å². The lowest BCUT2D eigenvalue weighted by atomic mass is 9.77. The first-order valence-corrected chi connectivity index (χ1v) is 9.33. The van der Waals surface area contributed by atoms with Gasteiger partial charge in [0, 0.05) is 19.1 Å². The molecule has 0 radical (unpaired) electrons. The molecular weight excluding hydrogens is 278 g/mol. The van der Waals surface area contributed by atoms with E-state index in [0.717, 1.165) is 25.0 Å². The van der Waals surface area contributed by atoms with Gasteiger partial charge in [0.05, 0.1) is 12.3 Å². The van der Waals surface area contributed by atoms with E-state index in [1.165, 1.54) is 25.7 Å². The molecule has 20 heavy (non-hydrogen) atoms. The van der Waals surface area contributed by atoms with Crippen molar-refractivity contribution in [2.75, 3.05) is 19.3 Å². The third kappa shape index (κ3) is 4.71. The smallest absolute Gasteiger partial charge is 0.237 e. The molecule has 0 aromatic heterocycles. The van der Waals surface area contributed by atoms with Crippen LogP contribution < -0.4 is 15.4 Å². The Hall–Kier alpha value is -0.660. The summed E-state index contributed by atoms with van der Waals surface area (Å²) in [4.78, 5) is 12.0. The summed E-state index contributed by atoms with van der Waals surface area (Å²) in [5.41, 5.74) is 0. The molecule has 0 aromatic carbocycles. The number of hydrogen-bond acceptors (Lipinski definition) is 4. The zero-order chi connectivity index (χ0) is 14.6. The van der Waals surface area contributed by atoms with Crippen molar-refractivity contribution in [3.05, 3.63) is 0 Å². The Kier molecular flexibility index (Phi) is 5.40. The molecule has 1 saturated heterocycles. The minimum Gasteiger partial charge on any atom is -0.353 e. The fraction of sp³-hybridized carbons (Fsp3) is 0.923. The largest absolute Gasteiger partial charge is 0.353 e. The van der Waals surface area contributed by atoms with Gasteiger partial charge in [0.2, 0.25) is 15.9 Å². The molecule has 2 aliphatic rings. The summed E-state index contributed by atoms with van der Waals surface area (Å²) in [5, 5.41) is 6.25. The number of amides is 1. The number of carbonyl (C=O) groups excluding carboxylic acids is 1. The van der Waals surface area contributed by atoms with Gasteiger partial charge in [-0.05, 0) is 31.6 Å². The molecular formula is C13H25N3O3S. The highest BCUT2D eigenvalue weighted by atomic mass is 32.2. The Morgan fingerprint density at radius 3 is 2.65 bits per heavy atom. The molecule has 1 aliphatic carbocycles. The van der Waals surface area contributed by atoms with Gasteiger partial charge in [-0.3, -0.25) is 4.79 Å². The number of rotatable bonds is 5. The molecule has 3 N–H and O–H groups in total. The van der Waals surface area contributed by atoms with E-state index in [4.69, 9.17) is 0 Å². The fourth-order valence-corrected chi connectivity index (χ4v) is 3.72. The molecule has 6 nitrogen and oxygen atoms in total. The molecule has 1 heterocycles. The third-order valence-electron chi connectivity index (χ3n) is 4.26. The lowest BCUT2D eigenvalue weighted by molar-refractivity contribution is -0.124. The molecule has 2 rings (SSSR count). The van der Waals surface area contributed by atoms with Gasteiger partial charge in [-0.15, -0.1) is 0 Å². The Morgan fingerprint density at radius 2 is 1.90 bits per heavy atom. The summed E-state index contributed by atoms with van der Waals surface area (Å²) in [6.07, 6.45) is 8.14. The maximum atomic E-state index is 12.0. The van der Waals surface area contributed by atoms with Crippen molar-refractivity contribution in [1.29, 1.82) is 0 Å². The Morgan fingerprint density at radius 1 is 1.15 bits per heavy atom. The summed E-state index contributed by atoms with van der Waals surface area (Å²) in [6, 6.07) is 0.370. The predicted molar refractivity (Wildman–Crippen MR) is 77.8 cm³/mol. The lowest BCUT2D eigenvalue weighted by Crippen LogP contribution is -2.55. The second kappa shape index (κ2) is 6.87. The SMILES string of the molecule is CS(=O)(=O)NCCNC(=O)C1CCC2CCCCC2N1. The summed E-state index contributed by atoms with van der Waals surface area (Å²) >= 11 is 0. The van der Waals surface area contributed by atoms with Crippen LogP contribution in [0.25, 0.3) is 0 Å². The van der Waals surface area contributed by atoms with Crippen LogP contribution in [0.1, 0.15) is 38.5 Å². The van der Waals surface area contributed by atoms with E-state index in [-0.39, 0.29) is 18.5 Å². The fourth-order valence-electron chi connectivity index (χ4n) is 3.25. The van der Waals surface area contributed by atoms with Gasteiger partial charge < -0.3 is 10.6 Å². The zero-order valence-electron chi connectivity index (χ0n) is 12.0. The van der Waals surface area contributed by atoms with Gasteiger partial charge in [0.25, 0.3) is 0 Å². The molecule has 0 spiro atoms. The molecule has 0 aromatic rings. The molecule has 3 unspecified atom stereocenters. The highest BCUT2D eigenvalue weighted by molar-refractivity contribution is 7.88. The standard InChI is InChI=1S/C13H25N3O3S/c1-20(18,19)15-9-8-14-13(17)12-7-6-10-4-2-3-5-11(10)16-12/h10-12,15-16H,2-9H2,1H3,(H,14,17). The number of hydrogen-bond donors (Lipinski definition) is 3. The van der Waals surface area contributed by atoms with Crippen molar-refractivity contribution in [1.82, 2.24) is 15.4 Å². The van der Waals surface area contributed by atoms with Gasteiger partial charge in [-0.2, -0.15) is 0 Å². The third-order valence-corrected chi connectivity index (χ3v) is 4.98. The zero-order valence-corrected chi connectivity index (χ0v) is 12.8. The van der Waals surface area contributed by atoms with Crippen LogP contribution in [0.4, 0.5) is 0 Å². The van der Waals surface area contributed by atoms with E-state index in [0.29, 0.717) is 12.6 Å². The summed E-state index contributed by atoms with van der Waals surface area (Å²) in [5.74, 6) is 0.726. The number of carbonyl (C=O) groups is 1. The molecule has 3 atom stereocenters. The number of nitrogens with one attached hydrogen (secondary N) is 3. The molecule has 2 fully saturated rings. The van der Waals surface area contributed by atoms with Crippen molar-refractivity contribution >= 4 is 15.9 Å². The second-order valence-corrected chi connectivity index (χ2v) is 7.74. The van der Waals surface area contributed by atoms with Crippen LogP contribution in [0.15, 0.2) is 0 Å². The first-order valence-electron chi connectivity index (χ1n) is 7.44. The highest BCUT2D eigenvalue weighted by Gasteiger charge is 2.34. The van der Waals surface area contributed by atoms with Gasteiger partial charge >= 0.3 is 0 Å². The second-order valence-electron chi connectivity index (χ2n) is 5.91. The van der Waals surface area contributed by atoms with Crippen molar-refractivity contribution < 1.29 is 13.2 Å². The minimum absolute atomic E-state index is 0.00988. The predicted octanol–water partition coefficient (Wildman–Crippen LogP) is -0.0374. The van der Waals surface area contributed by atoms with Gasteiger partial charge in [-0.1, -0.05) is 12.8 Å². The monoisotopic (exact) mass is 303 g/mol. The maximum absolute atomic E-state index is 12.0. The molecule has 7 heteroatoms. The van der Waals surface area contributed by atoms with E-state index in [1.54, 1.807) is 0 Å². The van der Waals surface area contributed by atoms with E-state index in [2.05, 4.69) is 15.4 Å². The molecule has 1 aliphatic heterocycles. The summed E-state index contributed by atoms with van der Waals surface area (Å²) in [6.45, 7) is 0.571. The van der Waals surface area contributed by atoms with Gasteiger partial charge in [0.1, 0.15) is 0 Å². The van der Waals surface area contributed by atoms with Crippen LogP contribution >= 0.6 is 0 Å². The normalized spacial score (nSPS) is 30.6. The summed E-state index contributed by atoms with van der Waals surface area (Å²) < 4.78 is 24.2. The molecule has 0 bridgehead atoms. The van der Waals surface area contributed by atoms with Gasteiger partial charge in [0.15, 0.2) is 0 Å². The lowest BCUT2D eigenvalue weighted by Gasteiger charge is -2.39. The number of fused-ring (bicyclic) bond motifs is 1. The van der Waals surface area contributed by atoms with Crippen molar-refractivity contribution in [3.63, 3.8) is 0 Å². The van der Waals surface area contributed by atoms with Crippen LogP contribution in [-0.2, 0) is 14.8 Å². The number of sulfonamides is 1. The minimum atomic E-state index is -3.18. The topological polar surface area (TPSA) is 87.3 Å².